The highest BCUT2D eigenvalue weighted by Crippen LogP contribution is 2.08. The molecular weight excluding hydrogens is 308 g/mol. The fourth-order valence-electron chi connectivity index (χ4n) is 1.60. The number of nitrogens with zero attached hydrogens (tertiary/aromatic N) is 2. The summed E-state index contributed by atoms with van der Waals surface area (Å²) in [6.45, 7) is -0.280. The minimum absolute atomic E-state index is 0.0141. The number of carboxylic acid groups (broad SMARTS) is 1. The molecule has 0 fully saturated rings. The maximum Gasteiger partial charge on any atom is 0.322 e. The van der Waals surface area contributed by atoms with Crippen LogP contribution in [0.25, 0.3) is 0 Å². The number of rotatable bonds is 7. The largest absolute Gasteiger partial charge is 0.480 e. The molecule has 2 aromatic heterocycles. The van der Waals surface area contributed by atoms with Crippen LogP contribution in [0.4, 0.5) is 5.82 Å². The number of pyridine rings is 2. The minimum atomic E-state index is -3.66. The molecule has 0 aliphatic rings. The number of hydrogen-bond donors (Lipinski definition) is 3. The van der Waals surface area contributed by atoms with Gasteiger partial charge in [-0.2, -0.15) is 0 Å². The Bertz CT molecular complexity index is 750. The second-order valence-corrected chi connectivity index (χ2v) is 6.04. The lowest BCUT2D eigenvalue weighted by Crippen LogP contribution is -2.24. The van der Waals surface area contributed by atoms with E-state index in [1.165, 1.54) is 24.5 Å². The summed E-state index contributed by atoms with van der Waals surface area (Å²) in [7, 11) is -3.66. The molecule has 9 heteroatoms. The smallest absolute Gasteiger partial charge is 0.322 e. The van der Waals surface area contributed by atoms with Crippen LogP contribution < -0.4 is 10.0 Å². The number of sulfonamides is 1. The van der Waals surface area contributed by atoms with Crippen LogP contribution in [0.3, 0.4) is 0 Å². The van der Waals surface area contributed by atoms with Crippen LogP contribution in [-0.4, -0.2) is 36.0 Å². The third-order valence-corrected chi connectivity index (χ3v) is 4.00. The molecular formula is C13H14N4O4S. The first kappa shape index (κ1) is 15.9. The lowest BCUT2D eigenvalue weighted by atomic mass is 10.3. The van der Waals surface area contributed by atoms with Gasteiger partial charge in [-0.3, -0.25) is 9.78 Å². The fraction of sp³-hybridized carbons (Fsp3) is 0.154. The molecule has 0 spiro atoms. The topological polar surface area (TPSA) is 121 Å². The van der Waals surface area contributed by atoms with Crippen molar-refractivity contribution in [3.63, 3.8) is 0 Å². The number of carboxylic acids is 1. The van der Waals surface area contributed by atoms with Crippen LogP contribution in [0.1, 0.15) is 5.69 Å². The number of anilines is 1. The van der Waals surface area contributed by atoms with Gasteiger partial charge in [-0.05, 0) is 24.3 Å². The normalized spacial score (nSPS) is 11.1. The first-order valence-corrected chi connectivity index (χ1v) is 7.77. The maximum atomic E-state index is 12.0. The Balaban J connectivity index is 2.02. The predicted octanol–water partition coefficient (Wildman–Crippen LogP) is 0.452. The van der Waals surface area contributed by atoms with Crippen molar-refractivity contribution in [3.8, 4) is 0 Å². The minimum Gasteiger partial charge on any atom is -0.480 e. The fourth-order valence-corrected chi connectivity index (χ4v) is 2.56. The van der Waals surface area contributed by atoms with Gasteiger partial charge in [-0.15, -0.1) is 0 Å². The Morgan fingerprint density at radius 1 is 1.23 bits per heavy atom. The molecule has 116 valence electrons. The zero-order chi connectivity index (χ0) is 16.0. The molecule has 2 rings (SSSR count). The zero-order valence-electron chi connectivity index (χ0n) is 11.4. The van der Waals surface area contributed by atoms with Crippen LogP contribution in [0.5, 0.6) is 0 Å². The molecule has 0 saturated carbocycles. The first-order chi connectivity index (χ1) is 10.5. The van der Waals surface area contributed by atoms with Crippen LogP contribution in [0, 0.1) is 0 Å². The molecule has 22 heavy (non-hydrogen) atoms. The average molecular weight is 322 g/mol. The predicted molar refractivity (Wildman–Crippen MR) is 78.6 cm³/mol. The molecule has 0 atom stereocenters. The summed E-state index contributed by atoms with van der Waals surface area (Å²) in [6.07, 6.45) is 2.73. The van der Waals surface area contributed by atoms with Gasteiger partial charge >= 0.3 is 5.97 Å². The van der Waals surface area contributed by atoms with Gasteiger partial charge in [0.1, 0.15) is 17.3 Å². The monoisotopic (exact) mass is 322 g/mol. The summed E-state index contributed by atoms with van der Waals surface area (Å²) in [5.41, 5.74) is 0.461. The van der Waals surface area contributed by atoms with Gasteiger partial charge in [0.15, 0.2) is 0 Å². The van der Waals surface area contributed by atoms with Crippen molar-refractivity contribution >= 4 is 21.8 Å². The molecule has 0 aliphatic heterocycles. The molecule has 3 N–H and O–H groups in total. The van der Waals surface area contributed by atoms with E-state index in [2.05, 4.69) is 20.0 Å². The first-order valence-electron chi connectivity index (χ1n) is 6.29. The molecule has 0 saturated heterocycles. The molecule has 0 amide bonds. The van der Waals surface area contributed by atoms with Crippen molar-refractivity contribution < 1.29 is 18.3 Å². The molecule has 0 bridgehead atoms. The van der Waals surface area contributed by atoms with E-state index in [1.54, 1.807) is 18.2 Å². The quantitative estimate of drug-likeness (QED) is 0.676. The second kappa shape index (κ2) is 6.96. The Morgan fingerprint density at radius 3 is 2.73 bits per heavy atom. The lowest BCUT2D eigenvalue weighted by Gasteiger charge is -2.08. The third-order valence-electron chi connectivity index (χ3n) is 2.62. The van der Waals surface area contributed by atoms with Gasteiger partial charge in [-0.25, -0.2) is 18.1 Å². The summed E-state index contributed by atoms with van der Waals surface area (Å²) in [4.78, 5) is 18.4. The van der Waals surface area contributed by atoms with Crippen LogP contribution in [-0.2, 0) is 21.4 Å². The molecule has 0 aromatic carbocycles. The van der Waals surface area contributed by atoms with Crippen molar-refractivity contribution in [2.75, 3.05) is 11.9 Å². The average Bonchev–Trinajstić information content (AvgIpc) is 2.52. The highest BCUT2D eigenvalue weighted by molar-refractivity contribution is 7.89. The van der Waals surface area contributed by atoms with Gasteiger partial charge in [0.2, 0.25) is 10.0 Å². The van der Waals surface area contributed by atoms with Crippen molar-refractivity contribution in [2.24, 2.45) is 0 Å². The molecule has 0 aliphatic carbocycles. The van der Waals surface area contributed by atoms with E-state index in [0.29, 0.717) is 11.5 Å². The summed E-state index contributed by atoms with van der Waals surface area (Å²) < 4.78 is 26.5. The molecule has 0 radical (unpaired) electrons. The van der Waals surface area contributed by atoms with Crippen molar-refractivity contribution in [3.05, 3.63) is 48.4 Å². The van der Waals surface area contributed by atoms with Gasteiger partial charge in [0.25, 0.3) is 0 Å². The number of aromatic nitrogens is 2. The van der Waals surface area contributed by atoms with Gasteiger partial charge in [0, 0.05) is 12.4 Å². The number of carbonyl (C=O) groups is 1. The van der Waals surface area contributed by atoms with Crippen molar-refractivity contribution in [1.82, 2.24) is 14.7 Å². The standard InChI is InChI=1S/C13H14N4O4S/c18-13(19)9-15-12-5-1-3-10(17-12)7-16-22(20,21)11-4-2-6-14-8-11/h1-6,8,16H,7,9H2,(H,15,17)(H,18,19). The molecule has 0 unspecified atom stereocenters. The molecule has 2 heterocycles. The van der Waals surface area contributed by atoms with E-state index in [9.17, 15) is 13.2 Å². The Hall–Kier alpha value is -2.52. The van der Waals surface area contributed by atoms with Crippen LogP contribution in [0.2, 0.25) is 0 Å². The highest BCUT2D eigenvalue weighted by atomic mass is 32.2. The SMILES string of the molecule is O=C(O)CNc1cccc(CNS(=O)(=O)c2cccnc2)n1. The van der Waals surface area contributed by atoms with E-state index in [1.807, 2.05) is 0 Å². The Morgan fingerprint density at radius 2 is 2.05 bits per heavy atom. The zero-order valence-corrected chi connectivity index (χ0v) is 12.2. The van der Waals surface area contributed by atoms with Crippen LogP contribution in [0.15, 0.2) is 47.6 Å². The molecule has 8 nitrogen and oxygen atoms in total. The Kier molecular flexibility index (Phi) is 5.02. The summed E-state index contributed by atoms with van der Waals surface area (Å²) in [5.74, 6) is -0.648. The van der Waals surface area contributed by atoms with E-state index in [-0.39, 0.29) is 18.0 Å². The summed E-state index contributed by atoms with van der Waals surface area (Å²) >= 11 is 0. The van der Waals surface area contributed by atoms with E-state index in [0.717, 1.165) is 0 Å². The molecule has 2 aromatic rings. The Labute approximate surface area is 127 Å². The lowest BCUT2D eigenvalue weighted by molar-refractivity contribution is -0.134. The second-order valence-electron chi connectivity index (χ2n) is 4.27. The van der Waals surface area contributed by atoms with Gasteiger partial charge in [0.05, 0.1) is 12.2 Å². The van der Waals surface area contributed by atoms with Gasteiger partial charge in [-0.1, -0.05) is 6.07 Å². The summed E-state index contributed by atoms with van der Waals surface area (Å²) in [5, 5.41) is 11.2. The van der Waals surface area contributed by atoms with Crippen molar-refractivity contribution in [2.45, 2.75) is 11.4 Å². The van der Waals surface area contributed by atoms with Crippen LogP contribution >= 0.6 is 0 Å². The van der Waals surface area contributed by atoms with E-state index in [4.69, 9.17) is 5.11 Å². The number of aliphatic carboxylic acids is 1. The van der Waals surface area contributed by atoms with Gasteiger partial charge < -0.3 is 10.4 Å². The van der Waals surface area contributed by atoms with E-state index >= 15 is 0 Å². The highest BCUT2D eigenvalue weighted by Gasteiger charge is 2.13. The summed E-state index contributed by atoms with van der Waals surface area (Å²) in [6, 6.07) is 7.86. The van der Waals surface area contributed by atoms with Crippen molar-refractivity contribution in [1.29, 1.82) is 0 Å². The van der Waals surface area contributed by atoms with E-state index < -0.39 is 16.0 Å². The third kappa shape index (κ3) is 4.50. The number of nitrogens with one attached hydrogen (secondary N) is 2. The maximum absolute atomic E-state index is 12.0. The number of hydrogen-bond acceptors (Lipinski definition) is 6.